The number of allylic oxidation sites excluding steroid dienone is 6. The van der Waals surface area contributed by atoms with Crippen molar-refractivity contribution >= 4 is 13.8 Å². The Morgan fingerprint density at radius 2 is 0.948 bits per heavy atom. The molecule has 0 heterocycles. The molecule has 0 aromatic rings. The van der Waals surface area contributed by atoms with E-state index < -0.39 is 13.9 Å². The fraction of sp³-hybridized carbons (Fsp3) is 0.857. The Morgan fingerprint density at radius 1 is 0.534 bits per heavy atom. The number of nitrogens with zero attached hydrogens (tertiary/aromatic N) is 1. The van der Waals surface area contributed by atoms with E-state index in [2.05, 4.69) is 50.3 Å². The predicted octanol–water partition coefficient (Wildman–Crippen LogP) is 14.6. The maximum Gasteiger partial charge on any atom is 0.472 e. The molecular formula is C49H95NO7P+. The molecule has 0 saturated heterocycles. The average molecular weight is 841 g/mol. The summed E-state index contributed by atoms with van der Waals surface area (Å²) in [5, 5.41) is 0. The van der Waals surface area contributed by atoms with Gasteiger partial charge in [-0.3, -0.25) is 13.8 Å². The number of rotatable bonds is 45. The van der Waals surface area contributed by atoms with E-state index in [1.54, 1.807) is 0 Å². The fourth-order valence-electron chi connectivity index (χ4n) is 6.68. The lowest BCUT2D eigenvalue weighted by Gasteiger charge is -2.24. The molecule has 0 saturated carbocycles. The number of quaternary nitrogens is 1. The third kappa shape index (κ3) is 45.8. The largest absolute Gasteiger partial charge is 0.472 e. The van der Waals surface area contributed by atoms with Gasteiger partial charge in [0.15, 0.2) is 0 Å². The van der Waals surface area contributed by atoms with Crippen molar-refractivity contribution in [3.8, 4) is 0 Å². The van der Waals surface area contributed by atoms with Gasteiger partial charge >= 0.3 is 13.8 Å². The molecule has 9 heteroatoms. The van der Waals surface area contributed by atoms with E-state index in [0.29, 0.717) is 24.1 Å². The summed E-state index contributed by atoms with van der Waals surface area (Å²) < 4.78 is 35.1. The highest BCUT2D eigenvalue weighted by molar-refractivity contribution is 7.47. The van der Waals surface area contributed by atoms with Crippen molar-refractivity contribution in [1.29, 1.82) is 0 Å². The van der Waals surface area contributed by atoms with Gasteiger partial charge in [0.1, 0.15) is 19.3 Å². The summed E-state index contributed by atoms with van der Waals surface area (Å²) in [6.45, 7) is 5.60. The van der Waals surface area contributed by atoms with Gasteiger partial charge < -0.3 is 18.9 Å². The number of carbonyl (C=O) groups excluding carboxylic acids is 1. The van der Waals surface area contributed by atoms with Crippen LogP contribution in [0.25, 0.3) is 0 Å². The first-order chi connectivity index (χ1) is 28.1. The van der Waals surface area contributed by atoms with Crippen LogP contribution in [-0.2, 0) is 27.9 Å². The van der Waals surface area contributed by atoms with Crippen molar-refractivity contribution < 1.29 is 37.3 Å². The van der Waals surface area contributed by atoms with Gasteiger partial charge in [-0.2, -0.15) is 0 Å². The van der Waals surface area contributed by atoms with Crippen LogP contribution in [0.1, 0.15) is 213 Å². The Labute approximate surface area is 359 Å². The third-order valence-electron chi connectivity index (χ3n) is 10.5. The van der Waals surface area contributed by atoms with Crippen molar-refractivity contribution in [3.63, 3.8) is 0 Å². The Balaban J connectivity index is 4.18. The standard InChI is InChI=1S/C49H94NO7P/c1-6-8-10-12-14-16-18-20-22-24-25-26-27-29-31-33-35-37-39-41-44-54-46-48(47-56-58(52,53)55-45-43-50(3,4)5)57-49(51)42-40-38-36-34-32-30-28-23-21-19-17-15-13-11-9-7-2/h14,16,20,22,25-26,48H,6-13,15,17-19,21,23-24,27-47H2,1-5H3/p+1/b16-14-,22-20-,26-25-. The lowest BCUT2D eigenvalue weighted by Crippen LogP contribution is -2.37. The number of carbonyl (C=O) groups is 1. The molecule has 0 aliphatic heterocycles. The van der Waals surface area contributed by atoms with Crippen molar-refractivity contribution in [2.75, 3.05) is 54.1 Å². The number of hydrogen-bond acceptors (Lipinski definition) is 6. The first kappa shape index (κ1) is 56.7. The molecule has 0 aromatic carbocycles. The monoisotopic (exact) mass is 841 g/mol. The van der Waals surface area contributed by atoms with Crippen LogP contribution in [0.3, 0.4) is 0 Å². The van der Waals surface area contributed by atoms with Crippen molar-refractivity contribution in [3.05, 3.63) is 36.5 Å². The second-order valence-electron chi connectivity index (χ2n) is 17.5. The summed E-state index contributed by atoms with van der Waals surface area (Å²) in [5.41, 5.74) is 0. The number of phosphoric acid groups is 1. The number of unbranched alkanes of at least 4 members (excludes halogenated alkanes) is 25. The van der Waals surface area contributed by atoms with Crippen LogP contribution >= 0.6 is 7.82 Å². The van der Waals surface area contributed by atoms with Crippen LogP contribution in [0.4, 0.5) is 0 Å². The highest BCUT2D eigenvalue weighted by atomic mass is 31.2. The minimum atomic E-state index is -4.28. The number of likely N-dealkylation sites (N-methyl/N-ethyl adjacent to an activating group) is 1. The van der Waals surface area contributed by atoms with Crippen molar-refractivity contribution in [2.45, 2.75) is 219 Å². The quantitative estimate of drug-likeness (QED) is 0.0215. The molecule has 0 fully saturated rings. The minimum Gasteiger partial charge on any atom is -0.457 e. The van der Waals surface area contributed by atoms with Gasteiger partial charge in [0, 0.05) is 13.0 Å². The summed E-state index contributed by atoms with van der Waals surface area (Å²) in [5.74, 6) is -0.315. The van der Waals surface area contributed by atoms with Gasteiger partial charge in [-0.1, -0.05) is 192 Å². The molecule has 0 aliphatic rings. The summed E-state index contributed by atoms with van der Waals surface area (Å²) in [4.78, 5) is 22.9. The maximum absolute atomic E-state index is 12.7. The van der Waals surface area contributed by atoms with Gasteiger partial charge in [0.2, 0.25) is 0 Å². The third-order valence-corrected chi connectivity index (χ3v) is 11.4. The normalized spacial score (nSPS) is 14.0. The van der Waals surface area contributed by atoms with Crippen LogP contribution in [0.15, 0.2) is 36.5 Å². The number of esters is 1. The van der Waals surface area contributed by atoms with Crippen molar-refractivity contribution in [2.24, 2.45) is 0 Å². The smallest absolute Gasteiger partial charge is 0.457 e. The Hall–Kier alpha value is -1.28. The molecule has 0 rings (SSSR count). The molecule has 0 aromatic heterocycles. The predicted molar refractivity (Wildman–Crippen MR) is 247 cm³/mol. The molecular weight excluding hydrogens is 746 g/mol. The molecule has 2 atom stereocenters. The van der Waals surface area contributed by atoms with E-state index in [-0.39, 0.29) is 25.8 Å². The first-order valence-electron chi connectivity index (χ1n) is 24.2. The Kier molecular flexibility index (Phi) is 41.5. The second kappa shape index (κ2) is 42.4. The van der Waals surface area contributed by atoms with Gasteiger partial charge in [0.25, 0.3) is 0 Å². The molecule has 0 bridgehead atoms. The van der Waals surface area contributed by atoms with Gasteiger partial charge in [-0.25, -0.2) is 4.57 Å². The zero-order valence-electron chi connectivity index (χ0n) is 38.8. The van der Waals surface area contributed by atoms with Crippen LogP contribution in [0.5, 0.6) is 0 Å². The van der Waals surface area contributed by atoms with E-state index in [1.807, 2.05) is 21.1 Å². The summed E-state index contributed by atoms with van der Waals surface area (Å²) in [6, 6.07) is 0. The molecule has 0 amide bonds. The SMILES string of the molecule is CCCCC/C=C\C/C=C\C/C=C\CCCCCCCCCOCC(COP(=O)(O)OCC[N+](C)(C)C)OC(=O)CCCCCCCCCCCCCCCCCC. The maximum atomic E-state index is 12.7. The minimum absolute atomic E-state index is 0.0874. The van der Waals surface area contributed by atoms with E-state index in [1.165, 1.54) is 141 Å². The van der Waals surface area contributed by atoms with E-state index >= 15 is 0 Å². The highest BCUT2D eigenvalue weighted by Crippen LogP contribution is 2.43. The van der Waals surface area contributed by atoms with Crippen LogP contribution in [0.2, 0.25) is 0 Å². The zero-order chi connectivity index (χ0) is 42.7. The van der Waals surface area contributed by atoms with Gasteiger partial charge in [0.05, 0.1) is 34.4 Å². The molecule has 58 heavy (non-hydrogen) atoms. The van der Waals surface area contributed by atoms with E-state index in [9.17, 15) is 14.3 Å². The first-order valence-corrected chi connectivity index (χ1v) is 25.7. The number of phosphoric ester groups is 1. The summed E-state index contributed by atoms with van der Waals surface area (Å²) in [7, 11) is 1.67. The molecule has 1 N–H and O–H groups in total. The van der Waals surface area contributed by atoms with Crippen LogP contribution < -0.4 is 0 Å². The average Bonchev–Trinajstić information content (AvgIpc) is 3.18. The molecule has 342 valence electrons. The van der Waals surface area contributed by atoms with Crippen molar-refractivity contribution in [1.82, 2.24) is 0 Å². The molecule has 2 unspecified atom stereocenters. The highest BCUT2D eigenvalue weighted by Gasteiger charge is 2.26. The molecule has 0 radical (unpaired) electrons. The zero-order valence-corrected chi connectivity index (χ0v) is 39.7. The Bertz CT molecular complexity index is 1020. The van der Waals surface area contributed by atoms with Crippen LogP contribution in [-0.4, -0.2) is 75.6 Å². The topological polar surface area (TPSA) is 91.3 Å². The van der Waals surface area contributed by atoms with Gasteiger partial charge in [-0.15, -0.1) is 0 Å². The van der Waals surface area contributed by atoms with E-state index in [0.717, 1.165) is 51.4 Å². The number of hydrogen-bond donors (Lipinski definition) is 1. The van der Waals surface area contributed by atoms with Crippen LogP contribution in [0, 0.1) is 0 Å². The summed E-state index contributed by atoms with van der Waals surface area (Å²) >= 11 is 0. The lowest BCUT2D eigenvalue weighted by molar-refractivity contribution is -0.870. The fourth-order valence-corrected chi connectivity index (χ4v) is 7.42. The van der Waals surface area contributed by atoms with E-state index in [4.69, 9.17) is 18.5 Å². The number of ether oxygens (including phenoxy) is 2. The second-order valence-corrected chi connectivity index (χ2v) is 19.0. The summed E-state index contributed by atoms with van der Waals surface area (Å²) in [6.07, 6.45) is 50.3. The van der Waals surface area contributed by atoms with Gasteiger partial charge in [-0.05, 0) is 51.4 Å². The molecule has 0 aliphatic carbocycles. The lowest BCUT2D eigenvalue weighted by atomic mass is 10.0. The Morgan fingerprint density at radius 3 is 1.45 bits per heavy atom. The molecule has 8 nitrogen and oxygen atoms in total. The molecule has 0 spiro atoms.